The number of benzene rings is 1. The van der Waals surface area contributed by atoms with Gasteiger partial charge in [0.2, 0.25) is 0 Å². The second-order valence-corrected chi connectivity index (χ2v) is 8.44. The van der Waals surface area contributed by atoms with Crippen molar-refractivity contribution in [2.24, 2.45) is 0 Å². The van der Waals surface area contributed by atoms with Crippen LogP contribution in [0.2, 0.25) is 0 Å². The molecule has 0 unspecified atom stereocenters. The molecule has 30 heavy (non-hydrogen) atoms. The lowest BCUT2D eigenvalue weighted by Gasteiger charge is -2.18. The lowest BCUT2D eigenvalue weighted by atomic mass is 9.94. The zero-order valence-corrected chi connectivity index (χ0v) is 18.3. The van der Waals surface area contributed by atoms with Gasteiger partial charge in [-0.2, -0.15) is 0 Å². The topological polar surface area (TPSA) is 70.2 Å². The van der Waals surface area contributed by atoms with E-state index in [0.717, 1.165) is 24.6 Å². The second kappa shape index (κ2) is 9.74. The highest BCUT2D eigenvalue weighted by atomic mass is 16.5. The summed E-state index contributed by atoms with van der Waals surface area (Å²) in [5.41, 5.74) is 1.11. The molecular formula is C24H31N3O3. The molecule has 0 spiro atoms. The monoisotopic (exact) mass is 409 g/mol. The molecule has 2 heterocycles. The van der Waals surface area contributed by atoms with Crippen LogP contribution in [0.5, 0.6) is 0 Å². The Morgan fingerprint density at radius 1 is 1.17 bits per heavy atom. The number of ether oxygens (including phenoxy) is 1. The van der Waals surface area contributed by atoms with Gasteiger partial charge in [-0.1, -0.05) is 51.1 Å². The first-order valence-corrected chi connectivity index (χ1v) is 10.6. The summed E-state index contributed by atoms with van der Waals surface area (Å²) in [7, 11) is 0. The Hall–Kier alpha value is -2.89. The number of aromatic nitrogens is 3. The highest BCUT2D eigenvalue weighted by Crippen LogP contribution is 2.25. The third-order valence-corrected chi connectivity index (χ3v) is 5.02. The highest BCUT2D eigenvalue weighted by Gasteiger charge is 2.23. The molecule has 0 bridgehead atoms. The Bertz CT molecular complexity index is 938. The maximum absolute atomic E-state index is 12.6. The summed E-state index contributed by atoms with van der Waals surface area (Å²) in [5, 5.41) is 0. The van der Waals surface area contributed by atoms with E-state index in [1.54, 1.807) is 12.4 Å². The summed E-state index contributed by atoms with van der Waals surface area (Å²) < 4.78 is 13.7. The fourth-order valence-electron chi connectivity index (χ4n) is 3.26. The Labute approximate surface area is 178 Å². The molecule has 0 saturated carbocycles. The molecule has 1 aromatic carbocycles. The normalized spacial score (nSPS) is 12.7. The Morgan fingerprint density at radius 2 is 1.93 bits per heavy atom. The molecule has 1 atom stereocenters. The van der Waals surface area contributed by atoms with Crippen LogP contribution >= 0.6 is 0 Å². The van der Waals surface area contributed by atoms with Crippen LogP contribution in [0.3, 0.4) is 0 Å². The van der Waals surface area contributed by atoms with Gasteiger partial charge in [0.15, 0.2) is 12.0 Å². The number of aryl methyl sites for hydroxylation is 3. The van der Waals surface area contributed by atoms with Gasteiger partial charge in [0, 0.05) is 30.8 Å². The molecule has 0 aliphatic heterocycles. The molecule has 0 fully saturated rings. The van der Waals surface area contributed by atoms with Gasteiger partial charge >= 0.3 is 5.97 Å². The fraction of sp³-hybridized carbons (Fsp3) is 0.458. The number of esters is 1. The molecule has 0 aliphatic rings. The van der Waals surface area contributed by atoms with Crippen molar-refractivity contribution in [3.8, 4) is 0 Å². The van der Waals surface area contributed by atoms with Gasteiger partial charge in [-0.3, -0.25) is 4.79 Å². The summed E-state index contributed by atoms with van der Waals surface area (Å²) in [6.45, 7) is 9.04. The summed E-state index contributed by atoms with van der Waals surface area (Å²) in [6.07, 6.45) is 7.15. The highest BCUT2D eigenvalue weighted by molar-refractivity contribution is 5.69. The predicted octanol–water partition coefficient (Wildman–Crippen LogP) is 5.04. The minimum atomic E-state index is -0.387. The number of nitrogens with zero attached hydrogens (tertiary/aromatic N) is 3. The van der Waals surface area contributed by atoms with E-state index in [9.17, 15) is 4.79 Å². The van der Waals surface area contributed by atoms with Crippen LogP contribution in [-0.2, 0) is 34.3 Å². The first kappa shape index (κ1) is 21.8. The van der Waals surface area contributed by atoms with Crippen molar-refractivity contribution in [1.82, 2.24) is 14.5 Å². The van der Waals surface area contributed by atoms with Crippen molar-refractivity contribution < 1.29 is 13.9 Å². The van der Waals surface area contributed by atoms with E-state index in [2.05, 4.69) is 49.8 Å². The quantitative estimate of drug-likeness (QED) is 0.463. The number of carbonyl (C=O) groups excluding carboxylic acids is 1. The number of hydrogen-bond donors (Lipinski definition) is 0. The molecule has 0 amide bonds. The third-order valence-electron chi connectivity index (χ3n) is 5.02. The zero-order valence-electron chi connectivity index (χ0n) is 18.3. The second-order valence-electron chi connectivity index (χ2n) is 8.44. The predicted molar refractivity (Wildman–Crippen MR) is 115 cm³/mol. The van der Waals surface area contributed by atoms with Crippen LogP contribution in [0.1, 0.15) is 69.7 Å². The van der Waals surface area contributed by atoms with Crippen molar-refractivity contribution in [3.63, 3.8) is 0 Å². The average Bonchev–Trinajstić information content (AvgIpc) is 3.39. The standard InChI is InChI=1S/C24H31N3O3/c1-5-27-16-15-25-23(27)19(12-11-18-9-7-6-8-10-18)29-22(28)14-13-21-26-17-20(30-21)24(2,3)4/h6-10,15-17,19H,5,11-14H2,1-4H3/t19-/m1/s1. The van der Waals surface area contributed by atoms with Crippen LogP contribution in [0.4, 0.5) is 0 Å². The smallest absolute Gasteiger partial charge is 0.307 e. The molecular weight excluding hydrogens is 378 g/mol. The molecule has 3 aromatic rings. The van der Waals surface area contributed by atoms with E-state index >= 15 is 0 Å². The minimum Gasteiger partial charge on any atom is -0.454 e. The van der Waals surface area contributed by atoms with Gasteiger partial charge < -0.3 is 13.7 Å². The Morgan fingerprint density at radius 3 is 2.60 bits per heavy atom. The van der Waals surface area contributed by atoms with Crippen molar-refractivity contribution in [2.75, 3.05) is 0 Å². The average molecular weight is 410 g/mol. The summed E-state index contributed by atoms with van der Waals surface area (Å²) in [6, 6.07) is 10.2. The molecule has 3 rings (SSSR count). The van der Waals surface area contributed by atoms with E-state index in [4.69, 9.17) is 9.15 Å². The van der Waals surface area contributed by atoms with E-state index in [1.807, 2.05) is 29.0 Å². The van der Waals surface area contributed by atoms with Crippen LogP contribution in [-0.4, -0.2) is 20.5 Å². The van der Waals surface area contributed by atoms with E-state index in [-0.39, 0.29) is 23.9 Å². The van der Waals surface area contributed by atoms with Crippen LogP contribution in [0, 0.1) is 0 Å². The van der Waals surface area contributed by atoms with Gasteiger partial charge in [0.25, 0.3) is 0 Å². The van der Waals surface area contributed by atoms with E-state index in [1.165, 1.54) is 5.56 Å². The Balaban J connectivity index is 1.63. The molecule has 160 valence electrons. The Kier molecular flexibility index (Phi) is 7.08. The largest absolute Gasteiger partial charge is 0.454 e. The van der Waals surface area contributed by atoms with Gasteiger partial charge in [0.1, 0.15) is 11.6 Å². The third kappa shape index (κ3) is 5.81. The molecule has 0 saturated heterocycles. The summed E-state index contributed by atoms with van der Waals surface area (Å²) >= 11 is 0. The van der Waals surface area contributed by atoms with Crippen molar-refractivity contribution in [1.29, 1.82) is 0 Å². The van der Waals surface area contributed by atoms with Gasteiger partial charge in [-0.05, 0) is 25.3 Å². The number of imidazole rings is 1. The summed E-state index contributed by atoms with van der Waals surface area (Å²) in [5.74, 6) is 1.89. The molecule has 0 aliphatic carbocycles. The van der Waals surface area contributed by atoms with E-state index < -0.39 is 0 Å². The van der Waals surface area contributed by atoms with Crippen molar-refractivity contribution >= 4 is 5.97 Å². The molecule has 6 heteroatoms. The first-order chi connectivity index (χ1) is 14.4. The number of carbonyl (C=O) groups is 1. The number of oxazole rings is 1. The number of hydrogen-bond acceptors (Lipinski definition) is 5. The first-order valence-electron chi connectivity index (χ1n) is 10.6. The lowest BCUT2D eigenvalue weighted by molar-refractivity contribution is -0.150. The van der Waals surface area contributed by atoms with Gasteiger partial charge in [-0.15, -0.1) is 0 Å². The van der Waals surface area contributed by atoms with Gasteiger partial charge in [-0.25, -0.2) is 9.97 Å². The number of rotatable bonds is 9. The molecule has 0 N–H and O–H groups in total. The molecule has 6 nitrogen and oxygen atoms in total. The lowest BCUT2D eigenvalue weighted by Crippen LogP contribution is -2.17. The molecule has 2 aromatic heterocycles. The van der Waals surface area contributed by atoms with Crippen LogP contribution in [0.15, 0.2) is 53.3 Å². The zero-order chi connectivity index (χ0) is 21.6. The maximum atomic E-state index is 12.6. The van der Waals surface area contributed by atoms with Crippen LogP contribution in [0.25, 0.3) is 0 Å². The van der Waals surface area contributed by atoms with E-state index in [0.29, 0.717) is 18.7 Å². The van der Waals surface area contributed by atoms with Gasteiger partial charge in [0.05, 0.1) is 12.6 Å². The van der Waals surface area contributed by atoms with Crippen LogP contribution < -0.4 is 0 Å². The van der Waals surface area contributed by atoms with Crippen molar-refractivity contribution in [3.05, 3.63) is 72.0 Å². The maximum Gasteiger partial charge on any atom is 0.307 e. The van der Waals surface area contributed by atoms with Crippen molar-refractivity contribution in [2.45, 2.75) is 71.4 Å². The molecule has 0 radical (unpaired) electrons. The minimum absolute atomic E-state index is 0.106. The summed E-state index contributed by atoms with van der Waals surface area (Å²) in [4.78, 5) is 21.4. The SMILES string of the molecule is CCn1ccnc1[C@@H](CCc1ccccc1)OC(=O)CCc1ncc(C(C)(C)C)o1. The fourth-order valence-corrected chi connectivity index (χ4v) is 3.26.